The summed E-state index contributed by atoms with van der Waals surface area (Å²) in [6.07, 6.45) is -4.92. The van der Waals surface area contributed by atoms with E-state index in [-0.39, 0.29) is 28.1 Å². The van der Waals surface area contributed by atoms with Gasteiger partial charge in [0.15, 0.2) is 17.6 Å². The summed E-state index contributed by atoms with van der Waals surface area (Å²) in [5.74, 6) is -2.83. The number of hydrogen-bond donors (Lipinski definition) is 2. The van der Waals surface area contributed by atoms with Crippen LogP contribution in [-0.4, -0.2) is 21.9 Å². The summed E-state index contributed by atoms with van der Waals surface area (Å²) in [5.41, 5.74) is -0.0338. The van der Waals surface area contributed by atoms with Crippen molar-refractivity contribution < 1.29 is 26.7 Å². The molecule has 162 valence electrons. The van der Waals surface area contributed by atoms with Crippen LogP contribution in [0.1, 0.15) is 34.6 Å². The second-order valence-corrected chi connectivity index (χ2v) is 7.81. The van der Waals surface area contributed by atoms with Crippen LogP contribution >= 0.6 is 15.9 Å². The van der Waals surface area contributed by atoms with E-state index in [1.807, 2.05) is 0 Å². The van der Waals surface area contributed by atoms with Gasteiger partial charge in [-0.05, 0) is 27.6 Å². The van der Waals surface area contributed by atoms with Crippen molar-refractivity contribution in [1.29, 1.82) is 0 Å². The summed E-state index contributed by atoms with van der Waals surface area (Å²) in [7, 11) is 0. The normalized spacial score (nSPS) is 18.3. The van der Waals surface area contributed by atoms with Crippen LogP contribution in [0.25, 0.3) is 0 Å². The predicted octanol–water partition coefficient (Wildman–Crippen LogP) is 5.84. The van der Waals surface area contributed by atoms with Crippen LogP contribution in [0.5, 0.6) is 0 Å². The number of carbonyl (C=O) groups excluding carboxylic acids is 1. The van der Waals surface area contributed by atoms with Crippen molar-refractivity contribution in [3.8, 4) is 0 Å². The third-order valence-corrected chi connectivity index (χ3v) is 5.50. The van der Waals surface area contributed by atoms with Crippen molar-refractivity contribution in [3.05, 3.63) is 75.9 Å². The van der Waals surface area contributed by atoms with E-state index in [0.29, 0.717) is 16.3 Å². The molecule has 1 aliphatic rings. The number of amides is 1. The number of anilines is 2. The van der Waals surface area contributed by atoms with Gasteiger partial charge < -0.3 is 10.6 Å². The molecule has 0 bridgehead atoms. The quantitative estimate of drug-likeness (QED) is 0.444. The Balaban J connectivity index is 1.66. The zero-order valence-corrected chi connectivity index (χ0v) is 17.1. The largest absolute Gasteiger partial charge is 0.410 e. The van der Waals surface area contributed by atoms with E-state index < -0.39 is 35.8 Å². The first-order valence-corrected chi connectivity index (χ1v) is 9.86. The van der Waals surface area contributed by atoms with E-state index >= 15 is 0 Å². The standard InChI is InChI=1S/C20H14BrF5N4O/c21-12-6-11(22)7-13(23)18(12)28-19(31)15-9-17-27-14(10-4-2-1-3-5-10)8-16(20(24,25)26)30(17)29-15/h1-7,9,14,16,27H,8H2,(H,28,31)/t14-,16+/m0/s1. The van der Waals surface area contributed by atoms with Crippen LogP contribution in [0, 0.1) is 11.6 Å². The second kappa shape index (κ2) is 7.95. The summed E-state index contributed by atoms with van der Waals surface area (Å²) in [6, 6.07) is 8.71. The lowest BCUT2D eigenvalue weighted by atomic mass is 9.97. The molecule has 2 heterocycles. The number of fused-ring (bicyclic) bond motifs is 1. The minimum Gasteiger partial charge on any atom is -0.363 e. The van der Waals surface area contributed by atoms with Crippen molar-refractivity contribution in [2.45, 2.75) is 24.7 Å². The lowest BCUT2D eigenvalue weighted by Crippen LogP contribution is -2.35. The fraction of sp³-hybridized carbons (Fsp3) is 0.200. The Morgan fingerprint density at radius 3 is 2.52 bits per heavy atom. The molecule has 4 rings (SSSR count). The smallest absolute Gasteiger partial charge is 0.363 e. The summed E-state index contributed by atoms with van der Waals surface area (Å²) in [4.78, 5) is 12.6. The highest BCUT2D eigenvalue weighted by molar-refractivity contribution is 9.10. The van der Waals surface area contributed by atoms with E-state index in [4.69, 9.17) is 0 Å². The Morgan fingerprint density at radius 2 is 1.87 bits per heavy atom. The van der Waals surface area contributed by atoms with Crippen molar-refractivity contribution in [2.75, 3.05) is 10.6 Å². The van der Waals surface area contributed by atoms with E-state index in [2.05, 4.69) is 31.7 Å². The number of alkyl halides is 3. The van der Waals surface area contributed by atoms with E-state index in [9.17, 15) is 26.7 Å². The average molecular weight is 501 g/mol. The van der Waals surface area contributed by atoms with Crippen LogP contribution in [0.3, 0.4) is 0 Å². The number of aromatic nitrogens is 2. The first kappa shape index (κ1) is 21.3. The van der Waals surface area contributed by atoms with Crippen molar-refractivity contribution >= 4 is 33.3 Å². The molecule has 0 aliphatic carbocycles. The molecule has 2 aromatic carbocycles. The minimum absolute atomic E-state index is 0.00576. The first-order chi connectivity index (χ1) is 14.6. The Labute approximate surface area is 181 Å². The second-order valence-electron chi connectivity index (χ2n) is 6.96. The molecule has 1 aromatic heterocycles. The van der Waals surface area contributed by atoms with Crippen LogP contribution in [0.15, 0.2) is 53.0 Å². The number of nitrogens with zero attached hydrogens (tertiary/aromatic N) is 2. The van der Waals surface area contributed by atoms with Gasteiger partial charge in [-0.2, -0.15) is 18.3 Å². The van der Waals surface area contributed by atoms with Gasteiger partial charge in [-0.25, -0.2) is 13.5 Å². The van der Waals surface area contributed by atoms with Gasteiger partial charge >= 0.3 is 6.18 Å². The average Bonchev–Trinajstić information content (AvgIpc) is 3.14. The predicted molar refractivity (Wildman–Crippen MR) is 107 cm³/mol. The summed E-state index contributed by atoms with van der Waals surface area (Å²) in [5, 5.41) is 9.00. The number of carbonyl (C=O) groups is 1. The first-order valence-electron chi connectivity index (χ1n) is 9.07. The van der Waals surface area contributed by atoms with Crippen LogP contribution in [0.4, 0.5) is 33.5 Å². The maximum Gasteiger partial charge on any atom is 0.410 e. The fourth-order valence-corrected chi connectivity index (χ4v) is 3.93. The van der Waals surface area contributed by atoms with Gasteiger partial charge in [0.25, 0.3) is 5.91 Å². The lowest BCUT2D eigenvalue weighted by molar-refractivity contribution is -0.173. The van der Waals surface area contributed by atoms with Crippen molar-refractivity contribution in [2.24, 2.45) is 0 Å². The molecular formula is C20H14BrF5N4O. The molecular weight excluding hydrogens is 487 g/mol. The Hall–Kier alpha value is -2.95. The molecule has 0 radical (unpaired) electrons. The number of nitrogens with one attached hydrogen (secondary N) is 2. The van der Waals surface area contributed by atoms with Crippen molar-refractivity contribution in [1.82, 2.24) is 9.78 Å². The van der Waals surface area contributed by atoms with E-state index in [0.717, 1.165) is 6.07 Å². The number of rotatable bonds is 3. The van der Waals surface area contributed by atoms with Gasteiger partial charge in [-0.3, -0.25) is 4.79 Å². The lowest BCUT2D eigenvalue weighted by Gasteiger charge is -2.33. The summed E-state index contributed by atoms with van der Waals surface area (Å²) < 4.78 is 69.1. The van der Waals surface area contributed by atoms with E-state index in [1.54, 1.807) is 30.3 Å². The van der Waals surface area contributed by atoms with Gasteiger partial charge in [0.2, 0.25) is 0 Å². The van der Waals surface area contributed by atoms with Crippen LogP contribution in [0.2, 0.25) is 0 Å². The number of benzene rings is 2. The SMILES string of the molecule is O=C(Nc1c(F)cc(F)cc1Br)c1cc2n(n1)[C@@H](C(F)(F)F)C[C@@H](c1ccccc1)N2. The van der Waals surface area contributed by atoms with E-state index in [1.165, 1.54) is 6.07 Å². The maximum absolute atomic E-state index is 14.0. The molecule has 0 saturated carbocycles. The molecule has 2 atom stereocenters. The molecule has 5 nitrogen and oxygen atoms in total. The van der Waals surface area contributed by atoms with Gasteiger partial charge in [0, 0.05) is 23.0 Å². The molecule has 3 aromatic rings. The highest BCUT2D eigenvalue weighted by Gasteiger charge is 2.46. The molecule has 1 aliphatic heterocycles. The Morgan fingerprint density at radius 1 is 1.16 bits per heavy atom. The van der Waals surface area contributed by atoms with Gasteiger partial charge in [-0.15, -0.1) is 0 Å². The highest BCUT2D eigenvalue weighted by atomic mass is 79.9. The molecule has 2 N–H and O–H groups in total. The highest BCUT2D eigenvalue weighted by Crippen LogP contribution is 2.43. The molecule has 0 saturated heterocycles. The topological polar surface area (TPSA) is 59.0 Å². The third kappa shape index (κ3) is 4.27. The Bertz CT molecular complexity index is 1110. The van der Waals surface area contributed by atoms with Gasteiger partial charge in [-0.1, -0.05) is 30.3 Å². The summed E-state index contributed by atoms with van der Waals surface area (Å²) >= 11 is 2.94. The monoisotopic (exact) mass is 500 g/mol. The number of halogens is 6. The van der Waals surface area contributed by atoms with Crippen LogP contribution < -0.4 is 10.6 Å². The zero-order chi connectivity index (χ0) is 22.3. The molecule has 1 amide bonds. The Kier molecular flexibility index (Phi) is 5.46. The summed E-state index contributed by atoms with van der Waals surface area (Å²) in [6.45, 7) is 0. The molecule has 0 unspecified atom stereocenters. The molecule has 11 heteroatoms. The maximum atomic E-state index is 14.0. The molecule has 0 spiro atoms. The zero-order valence-electron chi connectivity index (χ0n) is 15.6. The fourth-order valence-electron chi connectivity index (χ4n) is 3.43. The van der Waals surface area contributed by atoms with Gasteiger partial charge in [0.1, 0.15) is 11.6 Å². The molecule has 0 fully saturated rings. The van der Waals surface area contributed by atoms with Crippen LogP contribution in [-0.2, 0) is 0 Å². The molecule has 31 heavy (non-hydrogen) atoms. The minimum atomic E-state index is -4.60. The van der Waals surface area contributed by atoms with Crippen molar-refractivity contribution in [3.63, 3.8) is 0 Å². The third-order valence-electron chi connectivity index (χ3n) is 4.87. The number of hydrogen-bond acceptors (Lipinski definition) is 3. The van der Waals surface area contributed by atoms with Gasteiger partial charge in [0.05, 0.1) is 11.7 Å².